The van der Waals surface area contributed by atoms with Crippen LogP contribution in [0.4, 0.5) is 0 Å². The molecule has 0 aromatic carbocycles. The van der Waals surface area contributed by atoms with E-state index in [4.69, 9.17) is 0 Å². The highest BCUT2D eigenvalue weighted by atomic mass is 16.1. The molecule has 8 nitrogen and oxygen atoms in total. The smallest absolute Gasteiger partial charge is 0.222 e. The molecule has 8 heteroatoms. The molecule has 0 aliphatic heterocycles. The molecule has 2 aromatic heterocycles. The molecule has 1 N–H and O–H groups in total. The third-order valence-corrected chi connectivity index (χ3v) is 4.79. The number of hydrogen-bond acceptors (Lipinski definition) is 5. The maximum absolute atomic E-state index is 10.9. The Morgan fingerprint density at radius 2 is 1.47 bits per heavy atom. The van der Waals surface area contributed by atoms with Crippen molar-refractivity contribution in [1.82, 2.24) is 34.8 Å². The van der Waals surface area contributed by atoms with Crippen molar-refractivity contribution < 1.29 is 4.79 Å². The van der Waals surface area contributed by atoms with Gasteiger partial charge in [0.15, 0.2) is 0 Å². The normalized spacial score (nSPS) is 11.6. The lowest BCUT2D eigenvalue weighted by Gasteiger charge is -2.15. The number of amides is 1. The minimum Gasteiger partial charge on any atom is -0.356 e. The predicted octanol–water partition coefficient (Wildman–Crippen LogP) is 6.15. The lowest BCUT2D eigenvalue weighted by Crippen LogP contribution is -2.28. The van der Waals surface area contributed by atoms with Gasteiger partial charge in [-0.05, 0) is 26.7 Å². The van der Waals surface area contributed by atoms with Gasteiger partial charge in [-0.1, -0.05) is 76.2 Å². The molecule has 2 aromatic rings. The second-order valence-electron chi connectivity index (χ2n) is 8.40. The zero-order chi connectivity index (χ0) is 27.3. The highest BCUT2D eigenvalue weighted by Gasteiger charge is 2.18. The molecule has 0 unspecified atom stereocenters. The van der Waals surface area contributed by atoms with E-state index in [9.17, 15) is 4.79 Å². The molecular formula is C26H55N7O. The van der Waals surface area contributed by atoms with E-state index in [1.807, 2.05) is 60.2 Å². The molecule has 0 aliphatic rings. The molecule has 0 fully saturated rings. The monoisotopic (exact) mass is 481 g/mol. The number of carbonyl (C=O) groups excluding carboxylic acids is 1. The summed E-state index contributed by atoms with van der Waals surface area (Å²) in [5.41, 5.74) is 0.102. The Morgan fingerprint density at radius 3 is 1.79 bits per heavy atom. The lowest BCUT2D eigenvalue weighted by atomic mass is 9.96. The van der Waals surface area contributed by atoms with Crippen molar-refractivity contribution in [2.75, 3.05) is 6.54 Å². The van der Waals surface area contributed by atoms with Crippen LogP contribution in [0.25, 0.3) is 0 Å². The van der Waals surface area contributed by atoms with E-state index in [2.05, 4.69) is 67.0 Å². The van der Waals surface area contributed by atoms with Crippen LogP contribution in [0.2, 0.25) is 0 Å². The molecule has 0 bridgehead atoms. The first-order valence-corrected chi connectivity index (χ1v) is 13.0. The first-order valence-electron chi connectivity index (χ1n) is 13.0. The summed E-state index contributed by atoms with van der Waals surface area (Å²) >= 11 is 0. The van der Waals surface area contributed by atoms with Crippen molar-refractivity contribution in [3.8, 4) is 0 Å². The largest absolute Gasteiger partial charge is 0.356 e. The highest BCUT2D eigenvalue weighted by Crippen LogP contribution is 2.17. The summed E-state index contributed by atoms with van der Waals surface area (Å²) in [6.45, 7) is 28.3. The van der Waals surface area contributed by atoms with E-state index in [0.717, 1.165) is 37.6 Å². The van der Waals surface area contributed by atoms with Crippen LogP contribution in [0.1, 0.15) is 120 Å². The Morgan fingerprint density at radius 1 is 0.941 bits per heavy atom. The molecule has 1 amide bonds. The standard InChI is InChI=1S/C8H15N3.C7H13N3.C7H15NO.2C2H6/c1-4-7(3)8-9-6-10-11(8)5-2;1-7(2,3)6-8-5-9-10(6)4;1-4-6(3)7(9)8-5-2;2*1-2/h6-7H,4-5H2,1-3H3;5H,1-4H3;6H,4-5H2,1-3H3,(H,8,9);2*1-2H3/t7-;;6-;;/m1.1../s1. The second-order valence-corrected chi connectivity index (χ2v) is 8.40. The summed E-state index contributed by atoms with van der Waals surface area (Å²) in [6.07, 6.45) is 5.26. The molecule has 0 saturated carbocycles. The third kappa shape index (κ3) is 14.8. The zero-order valence-corrected chi connectivity index (χ0v) is 24.7. The molecule has 2 atom stereocenters. The maximum atomic E-state index is 10.9. The minimum absolute atomic E-state index is 0.102. The predicted molar refractivity (Wildman–Crippen MR) is 145 cm³/mol. The maximum Gasteiger partial charge on any atom is 0.222 e. The van der Waals surface area contributed by atoms with Gasteiger partial charge >= 0.3 is 0 Å². The fraction of sp³-hybridized carbons (Fsp3) is 0.808. The van der Waals surface area contributed by atoms with Gasteiger partial charge in [0.1, 0.15) is 24.3 Å². The lowest BCUT2D eigenvalue weighted by molar-refractivity contribution is -0.124. The summed E-state index contributed by atoms with van der Waals surface area (Å²) in [7, 11) is 1.91. The van der Waals surface area contributed by atoms with Gasteiger partial charge in [0.05, 0.1) is 0 Å². The third-order valence-electron chi connectivity index (χ3n) is 4.79. The number of hydrogen-bond donors (Lipinski definition) is 1. The van der Waals surface area contributed by atoms with Crippen LogP contribution in [0.5, 0.6) is 0 Å². The van der Waals surface area contributed by atoms with Crippen molar-refractivity contribution in [3.05, 3.63) is 24.3 Å². The summed E-state index contributed by atoms with van der Waals surface area (Å²) in [5, 5.41) is 10.9. The fourth-order valence-electron chi connectivity index (χ4n) is 2.59. The topological polar surface area (TPSA) is 90.5 Å². The quantitative estimate of drug-likeness (QED) is 0.535. The first-order chi connectivity index (χ1) is 16.0. The van der Waals surface area contributed by atoms with Crippen LogP contribution in [-0.2, 0) is 23.8 Å². The molecule has 0 radical (unpaired) electrons. The Bertz CT molecular complexity index is 717. The number of rotatable bonds is 6. The van der Waals surface area contributed by atoms with Gasteiger partial charge in [-0.25, -0.2) is 9.97 Å². The van der Waals surface area contributed by atoms with Gasteiger partial charge in [-0.3, -0.25) is 14.2 Å². The van der Waals surface area contributed by atoms with E-state index < -0.39 is 0 Å². The molecule has 0 saturated heterocycles. The number of carbonyl (C=O) groups is 1. The summed E-state index contributed by atoms with van der Waals surface area (Å²) in [4.78, 5) is 19.2. The van der Waals surface area contributed by atoms with Crippen molar-refractivity contribution in [2.24, 2.45) is 13.0 Å². The molecule has 2 rings (SSSR count). The number of aryl methyl sites for hydroxylation is 2. The highest BCUT2D eigenvalue weighted by molar-refractivity contribution is 5.78. The van der Waals surface area contributed by atoms with Crippen molar-refractivity contribution in [2.45, 2.75) is 121 Å². The van der Waals surface area contributed by atoms with Gasteiger partial charge in [0, 0.05) is 37.4 Å². The SMILES string of the molecule is CC.CC.CCNC(=O)[C@H](C)CC.CC[C@@H](C)c1ncnn1CC.Cn1ncnc1C(C)(C)C. The van der Waals surface area contributed by atoms with Crippen LogP contribution in [0.3, 0.4) is 0 Å². The molecule has 34 heavy (non-hydrogen) atoms. The van der Waals surface area contributed by atoms with Crippen LogP contribution < -0.4 is 5.32 Å². The zero-order valence-electron chi connectivity index (χ0n) is 24.7. The van der Waals surface area contributed by atoms with E-state index in [-0.39, 0.29) is 17.2 Å². The van der Waals surface area contributed by atoms with E-state index in [0.29, 0.717) is 5.92 Å². The van der Waals surface area contributed by atoms with Crippen molar-refractivity contribution in [3.63, 3.8) is 0 Å². The Hall–Kier alpha value is -2.25. The van der Waals surface area contributed by atoms with Gasteiger partial charge in [0.25, 0.3) is 0 Å². The molecule has 0 spiro atoms. The summed E-state index contributed by atoms with van der Waals surface area (Å²) in [5.74, 6) is 2.99. The Labute approximate surface area is 210 Å². The first kappa shape index (κ1) is 36.3. The molecule has 2 heterocycles. The van der Waals surface area contributed by atoms with Crippen LogP contribution in [0, 0.1) is 5.92 Å². The minimum atomic E-state index is 0.102. The van der Waals surface area contributed by atoms with E-state index in [1.165, 1.54) is 0 Å². The van der Waals surface area contributed by atoms with Crippen LogP contribution >= 0.6 is 0 Å². The van der Waals surface area contributed by atoms with Crippen molar-refractivity contribution >= 4 is 5.91 Å². The Balaban J connectivity index is -0.000000396. The Kier molecular flexibility index (Phi) is 22.7. The van der Waals surface area contributed by atoms with Crippen LogP contribution in [0.15, 0.2) is 12.7 Å². The average Bonchev–Trinajstić information content (AvgIpc) is 3.50. The van der Waals surface area contributed by atoms with Crippen LogP contribution in [-0.4, -0.2) is 42.0 Å². The molecule has 200 valence electrons. The number of nitrogens with zero attached hydrogens (tertiary/aromatic N) is 6. The second kappa shape index (κ2) is 21.3. The summed E-state index contributed by atoms with van der Waals surface area (Å²) in [6, 6.07) is 0. The van der Waals surface area contributed by atoms with E-state index in [1.54, 1.807) is 17.3 Å². The summed E-state index contributed by atoms with van der Waals surface area (Å²) < 4.78 is 3.76. The van der Waals surface area contributed by atoms with Gasteiger partial charge in [-0.15, -0.1) is 0 Å². The van der Waals surface area contributed by atoms with E-state index >= 15 is 0 Å². The number of nitrogens with one attached hydrogen (secondary N) is 1. The number of aromatic nitrogens is 6. The van der Waals surface area contributed by atoms with Crippen molar-refractivity contribution in [1.29, 1.82) is 0 Å². The molecule has 0 aliphatic carbocycles. The fourth-order valence-corrected chi connectivity index (χ4v) is 2.59. The van der Waals surface area contributed by atoms with Gasteiger partial charge in [0.2, 0.25) is 5.91 Å². The average molecular weight is 482 g/mol. The molecular weight excluding hydrogens is 426 g/mol. The van der Waals surface area contributed by atoms with Gasteiger partial charge in [-0.2, -0.15) is 10.2 Å². The van der Waals surface area contributed by atoms with Gasteiger partial charge < -0.3 is 5.32 Å².